The molecule has 0 aromatic heterocycles. The van der Waals surface area contributed by atoms with Gasteiger partial charge in [0.25, 0.3) is 0 Å². The Kier molecular flexibility index (Phi) is 5.12. The van der Waals surface area contributed by atoms with E-state index in [9.17, 15) is 8.78 Å². The van der Waals surface area contributed by atoms with Crippen LogP contribution in [0.2, 0.25) is 0 Å². The van der Waals surface area contributed by atoms with E-state index in [1.165, 1.54) is 6.07 Å². The molecule has 0 radical (unpaired) electrons. The summed E-state index contributed by atoms with van der Waals surface area (Å²) in [5.74, 6) is -0.316. The van der Waals surface area contributed by atoms with Gasteiger partial charge >= 0.3 is 0 Å². The van der Waals surface area contributed by atoms with Crippen molar-refractivity contribution in [2.45, 2.75) is 20.4 Å². The first kappa shape index (κ1) is 15.7. The average Bonchev–Trinajstić information content (AvgIpc) is 2.43. The number of nitrogens with zero attached hydrogens (tertiary/aromatic N) is 1. The van der Waals surface area contributed by atoms with E-state index < -0.39 is 11.6 Å². The second-order valence-electron chi connectivity index (χ2n) is 5.59. The fourth-order valence-corrected chi connectivity index (χ4v) is 2.02. The summed E-state index contributed by atoms with van der Waals surface area (Å²) in [4.78, 5) is 4.29. The number of ether oxygens (including phenoxy) is 1. The fourth-order valence-electron chi connectivity index (χ4n) is 2.02. The van der Waals surface area contributed by atoms with E-state index in [2.05, 4.69) is 22.5 Å². The van der Waals surface area contributed by atoms with Crippen molar-refractivity contribution in [3.05, 3.63) is 35.4 Å². The highest BCUT2D eigenvalue weighted by Crippen LogP contribution is 2.24. The summed E-state index contributed by atoms with van der Waals surface area (Å²) in [6, 6.07) is 3.39. The van der Waals surface area contributed by atoms with Gasteiger partial charge in [-0.15, -0.1) is 0 Å². The predicted octanol–water partition coefficient (Wildman–Crippen LogP) is 2.06. The zero-order chi connectivity index (χ0) is 15.3. The number of hydrogen-bond donors (Lipinski definition) is 2. The Morgan fingerprint density at radius 3 is 2.71 bits per heavy atom. The van der Waals surface area contributed by atoms with Crippen LogP contribution >= 0.6 is 0 Å². The molecule has 0 atom stereocenters. The molecule has 2 N–H and O–H groups in total. The second kappa shape index (κ2) is 6.85. The zero-order valence-electron chi connectivity index (χ0n) is 12.4. The van der Waals surface area contributed by atoms with Gasteiger partial charge < -0.3 is 15.4 Å². The lowest BCUT2D eigenvalue weighted by Gasteiger charge is -2.38. The van der Waals surface area contributed by atoms with Gasteiger partial charge in [-0.25, -0.2) is 13.8 Å². The fraction of sp³-hybridized carbons (Fsp3) is 0.533. The Bertz CT molecular complexity index is 516. The summed E-state index contributed by atoms with van der Waals surface area (Å²) in [6.07, 6.45) is 0. The molecule has 6 heteroatoms. The van der Waals surface area contributed by atoms with Crippen molar-refractivity contribution in [1.82, 2.24) is 10.6 Å². The molecule has 0 amide bonds. The van der Waals surface area contributed by atoms with E-state index in [1.54, 1.807) is 0 Å². The Morgan fingerprint density at radius 2 is 2.10 bits per heavy atom. The molecule has 4 nitrogen and oxygen atoms in total. The van der Waals surface area contributed by atoms with E-state index in [1.807, 2.05) is 6.92 Å². The largest absolute Gasteiger partial charge is 0.380 e. The molecule has 1 fully saturated rings. The Hall–Kier alpha value is -1.69. The molecule has 1 saturated heterocycles. The van der Waals surface area contributed by atoms with Gasteiger partial charge in [0.05, 0.1) is 19.8 Å². The highest BCUT2D eigenvalue weighted by Gasteiger charge is 2.33. The normalized spacial score (nSPS) is 17.2. The quantitative estimate of drug-likeness (QED) is 0.646. The minimum absolute atomic E-state index is 0.0894. The van der Waals surface area contributed by atoms with Crippen LogP contribution in [0.15, 0.2) is 23.2 Å². The first-order valence-corrected chi connectivity index (χ1v) is 7.06. The molecule has 116 valence electrons. The first-order valence-electron chi connectivity index (χ1n) is 7.06. The number of halogens is 2. The van der Waals surface area contributed by atoms with E-state index in [0.29, 0.717) is 12.5 Å². The summed E-state index contributed by atoms with van der Waals surface area (Å²) in [5.41, 5.74) is 0.353. The van der Waals surface area contributed by atoms with Gasteiger partial charge in [-0.2, -0.15) is 0 Å². The molecule has 0 aliphatic carbocycles. The minimum Gasteiger partial charge on any atom is -0.380 e. The average molecular weight is 297 g/mol. The highest BCUT2D eigenvalue weighted by molar-refractivity contribution is 5.79. The SMILES string of the molecule is CCNC(=NCc1cc(F)ccc1F)NCC1(C)COC1. The summed E-state index contributed by atoms with van der Waals surface area (Å²) in [5, 5.41) is 6.30. The first-order chi connectivity index (χ1) is 10.0. The number of nitrogens with one attached hydrogen (secondary N) is 2. The molecule has 1 heterocycles. The number of guanidine groups is 1. The van der Waals surface area contributed by atoms with Crippen LogP contribution in [0.25, 0.3) is 0 Å². The number of benzene rings is 1. The predicted molar refractivity (Wildman–Crippen MR) is 78.1 cm³/mol. The monoisotopic (exact) mass is 297 g/mol. The van der Waals surface area contributed by atoms with Crippen LogP contribution in [0.4, 0.5) is 8.78 Å². The topological polar surface area (TPSA) is 45.7 Å². The van der Waals surface area contributed by atoms with Crippen LogP contribution < -0.4 is 10.6 Å². The lowest BCUT2D eigenvalue weighted by Crippen LogP contribution is -2.51. The molecule has 0 bridgehead atoms. The molecule has 0 unspecified atom stereocenters. The molecule has 2 rings (SSSR count). The number of hydrogen-bond acceptors (Lipinski definition) is 2. The maximum absolute atomic E-state index is 13.6. The van der Waals surface area contributed by atoms with Crippen LogP contribution in [0.5, 0.6) is 0 Å². The van der Waals surface area contributed by atoms with Crippen LogP contribution in [0, 0.1) is 17.0 Å². The van der Waals surface area contributed by atoms with Gasteiger partial charge in [0.1, 0.15) is 11.6 Å². The summed E-state index contributed by atoms with van der Waals surface area (Å²) in [6.45, 7) is 7.03. The molecule has 1 aromatic rings. The molecule has 1 aliphatic rings. The van der Waals surface area contributed by atoms with Gasteiger partial charge in [-0.3, -0.25) is 0 Å². The Labute approximate surface area is 123 Å². The molecule has 1 aromatic carbocycles. The lowest BCUT2D eigenvalue weighted by molar-refractivity contribution is -0.0971. The Balaban J connectivity index is 1.97. The lowest BCUT2D eigenvalue weighted by atomic mass is 9.89. The Morgan fingerprint density at radius 1 is 1.33 bits per heavy atom. The highest BCUT2D eigenvalue weighted by atomic mass is 19.1. The van der Waals surface area contributed by atoms with Crippen LogP contribution in [-0.4, -0.2) is 32.3 Å². The maximum Gasteiger partial charge on any atom is 0.191 e. The smallest absolute Gasteiger partial charge is 0.191 e. The third-order valence-electron chi connectivity index (χ3n) is 3.34. The second-order valence-corrected chi connectivity index (χ2v) is 5.59. The summed E-state index contributed by atoms with van der Waals surface area (Å²) < 4.78 is 31.9. The van der Waals surface area contributed by atoms with Gasteiger partial charge in [-0.05, 0) is 25.1 Å². The maximum atomic E-state index is 13.6. The molecular weight excluding hydrogens is 276 g/mol. The van der Waals surface area contributed by atoms with Crippen LogP contribution in [0.3, 0.4) is 0 Å². The summed E-state index contributed by atoms with van der Waals surface area (Å²) in [7, 11) is 0. The van der Waals surface area contributed by atoms with Crippen molar-refractivity contribution >= 4 is 5.96 Å². The number of aliphatic imine (C=N–C) groups is 1. The molecule has 1 aliphatic heterocycles. The van der Waals surface area contributed by atoms with Gasteiger partial charge in [-0.1, -0.05) is 6.92 Å². The third-order valence-corrected chi connectivity index (χ3v) is 3.34. The van der Waals surface area contributed by atoms with Crippen LogP contribution in [-0.2, 0) is 11.3 Å². The molecule has 0 spiro atoms. The molecule has 21 heavy (non-hydrogen) atoms. The van der Waals surface area contributed by atoms with Gasteiger partial charge in [0.2, 0.25) is 0 Å². The molecular formula is C15H21F2N3O. The van der Waals surface area contributed by atoms with Crippen molar-refractivity contribution in [1.29, 1.82) is 0 Å². The van der Waals surface area contributed by atoms with Gasteiger partial charge in [0, 0.05) is 24.1 Å². The van der Waals surface area contributed by atoms with E-state index in [0.717, 1.165) is 31.9 Å². The number of rotatable bonds is 5. The van der Waals surface area contributed by atoms with Crippen molar-refractivity contribution < 1.29 is 13.5 Å². The minimum atomic E-state index is -0.460. The third kappa shape index (κ3) is 4.39. The van der Waals surface area contributed by atoms with E-state index in [-0.39, 0.29) is 17.5 Å². The molecule has 0 saturated carbocycles. The van der Waals surface area contributed by atoms with Crippen molar-refractivity contribution in [3.63, 3.8) is 0 Å². The van der Waals surface area contributed by atoms with Crippen molar-refractivity contribution in [2.24, 2.45) is 10.4 Å². The van der Waals surface area contributed by atoms with Crippen molar-refractivity contribution in [2.75, 3.05) is 26.3 Å². The van der Waals surface area contributed by atoms with Crippen molar-refractivity contribution in [3.8, 4) is 0 Å². The summed E-state index contributed by atoms with van der Waals surface area (Å²) >= 11 is 0. The van der Waals surface area contributed by atoms with E-state index >= 15 is 0 Å². The zero-order valence-corrected chi connectivity index (χ0v) is 12.4. The van der Waals surface area contributed by atoms with Crippen LogP contribution in [0.1, 0.15) is 19.4 Å². The van der Waals surface area contributed by atoms with E-state index in [4.69, 9.17) is 4.74 Å². The van der Waals surface area contributed by atoms with Gasteiger partial charge in [0.15, 0.2) is 5.96 Å². The standard InChI is InChI=1S/C15H21F2N3O/c1-3-18-14(20-8-15(2)9-21-10-15)19-7-11-6-12(16)4-5-13(11)17/h4-6H,3,7-10H2,1-2H3,(H2,18,19,20).